The monoisotopic (exact) mass is 204 g/mol. The standard InChI is InChI=1S/C11H12N2O2/c1-8-12-9-4-3-5-10(15-2)11(9)13(8)6-7-14/h3-5,7H,6H2,1-2H3. The molecule has 4 heteroatoms. The molecule has 0 fully saturated rings. The highest BCUT2D eigenvalue weighted by Crippen LogP contribution is 2.25. The van der Waals surface area contributed by atoms with Gasteiger partial charge in [-0.1, -0.05) is 6.07 Å². The molecular weight excluding hydrogens is 192 g/mol. The van der Waals surface area contributed by atoms with E-state index in [4.69, 9.17) is 4.74 Å². The Bertz CT molecular complexity index is 503. The zero-order valence-corrected chi connectivity index (χ0v) is 8.73. The van der Waals surface area contributed by atoms with Crippen molar-refractivity contribution in [2.24, 2.45) is 0 Å². The quantitative estimate of drug-likeness (QED) is 0.712. The van der Waals surface area contributed by atoms with Gasteiger partial charge in [-0.3, -0.25) is 0 Å². The lowest BCUT2D eigenvalue weighted by Gasteiger charge is -2.05. The average molecular weight is 204 g/mol. The minimum absolute atomic E-state index is 0.308. The maximum atomic E-state index is 10.6. The number of hydrogen-bond acceptors (Lipinski definition) is 3. The molecule has 1 aromatic heterocycles. The molecule has 4 nitrogen and oxygen atoms in total. The van der Waals surface area contributed by atoms with Gasteiger partial charge in [-0.2, -0.15) is 0 Å². The number of benzene rings is 1. The van der Waals surface area contributed by atoms with Crippen LogP contribution in [0.1, 0.15) is 5.82 Å². The third kappa shape index (κ3) is 1.48. The zero-order chi connectivity index (χ0) is 10.8. The summed E-state index contributed by atoms with van der Waals surface area (Å²) in [5.41, 5.74) is 1.73. The van der Waals surface area contributed by atoms with Crippen LogP contribution in [0, 0.1) is 6.92 Å². The maximum Gasteiger partial charge on any atom is 0.144 e. The smallest absolute Gasteiger partial charge is 0.144 e. The van der Waals surface area contributed by atoms with E-state index in [9.17, 15) is 4.79 Å². The number of carbonyl (C=O) groups is 1. The summed E-state index contributed by atoms with van der Waals surface area (Å²) in [6.07, 6.45) is 0.862. The van der Waals surface area contributed by atoms with Gasteiger partial charge in [0.2, 0.25) is 0 Å². The van der Waals surface area contributed by atoms with Crippen molar-refractivity contribution in [1.82, 2.24) is 9.55 Å². The summed E-state index contributed by atoms with van der Waals surface area (Å²) >= 11 is 0. The minimum atomic E-state index is 0.308. The van der Waals surface area contributed by atoms with Gasteiger partial charge in [-0.25, -0.2) is 4.98 Å². The number of hydrogen-bond donors (Lipinski definition) is 0. The van der Waals surface area contributed by atoms with E-state index in [2.05, 4.69) is 4.98 Å². The molecule has 15 heavy (non-hydrogen) atoms. The average Bonchev–Trinajstić information content (AvgIpc) is 2.56. The number of imidazole rings is 1. The second-order valence-corrected chi connectivity index (χ2v) is 3.26. The van der Waals surface area contributed by atoms with Crippen LogP contribution in [0.3, 0.4) is 0 Å². The van der Waals surface area contributed by atoms with E-state index < -0.39 is 0 Å². The number of aromatic nitrogens is 2. The van der Waals surface area contributed by atoms with Crippen LogP contribution in [-0.4, -0.2) is 22.9 Å². The van der Waals surface area contributed by atoms with Crippen LogP contribution in [0.25, 0.3) is 11.0 Å². The van der Waals surface area contributed by atoms with Gasteiger partial charge in [-0.15, -0.1) is 0 Å². The number of aryl methyl sites for hydroxylation is 1. The fourth-order valence-electron chi connectivity index (χ4n) is 1.73. The number of rotatable bonds is 3. The molecule has 1 aromatic carbocycles. The number of carbonyl (C=O) groups excluding carboxylic acids is 1. The summed E-state index contributed by atoms with van der Waals surface area (Å²) in [5, 5.41) is 0. The predicted octanol–water partition coefficient (Wildman–Crippen LogP) is 1.55. The number of nitrogens with zero attached hydrogens (tertiary/aromatic N) is 2. The molecule has 0 atom stereocenters. The topological polar surface area (TPSA) is 44.1 Å². The molecule has 0 aliphatic carbocycles. The second-order valence-electron chi connectivity index (χ2n) is 3.26. The van der Waals surface area contributed by atoms with Gasteiger partial charge in [-0.05, 0) is 19.1 Å². The molecule has 1 heterocycles. The molecule has 0 unspecified atom stereocenters. The molecule has 78 valence electrons. The van der Waals surface area contributed by atoms with E-state index in [0.29, 0.717) is 6.54 Å². The molecule has 0 spiro atoms. The lowest BCUT2D eigenvalue weighted by molar-refractivity contribution is -0.108. The summed E-state index contributed by atoms with van der Waals surface area (Å²) in [6, 6.07) is 5.66. The van der Waals surface area contributed by atoms with Gasteiger partial charge < -0.3 is 14.1 Å². The van der Waals surface area contributed by atoms with Gasteiger partial charge in [0.25, 0.3) is 0 Å². The third-order valence-corrected chi connectivity index (χ3v) is 2.40. The van der Waals surface area contributed by atoms with Crippen LogP contribution in [0.2, 0.25) is 0 Å². The predicted molar refractivity (Wildman–Crippen MR) is 57.1 cm³/mol. The fourth-order valence-corrected chi connectivity index (χ4v) is 1.73. The Labute approximate surface area is 87.5 Å². The van der Waals surface area contributed by atoms with Gasteiger partial charge in [0, 0.05) is 0 Å². The van der Waals surface area contributed by atoms with Crippen LogP contribution >= 0.6 is 0 Å². The second kappa shape index (κ2) is 3.73. The molecule has 2 rings (SSSR count). The van der Waals surface area contributed by atoms with Gasteiger partial charge >= 0.3 is 0 Å². The fraction of sp³-hybridized carbons (Fsp3) is 0.273. The van der Waals surface area contributed by atoms with E-state index in [1.165, 1.54) is 0 Å². The highest BCUT2D eigenvalue weighted by Gasteiger charge is 2.10. The summed E-state index contributed by atoms with van der Waals surface area (Å²) in [7, 11) is 1.61. The molecule has 2 aromatic rings. The first kappa shape index (κ1) is 9.71. The van der Waals surface area contributed by atoms with Gasteiger partial charge in [0.05, 0.1) is 19.2 Å². The first-order valence-electron chi connectivity index (χ1n) is 4.71. The van der Waals surface area contributed by atoms with Gasteiger partial charge in [0.1, 0.15) is 23.4 Å². The summed E-state index contributed by atoms with van der Waals surface area (Å²) in [5.74, 6) is 1.57. The first-order chi connectivity index (χ1) is 7.27. The molecule has 0 saturated carbocycles. The molecule has 0 saturated heterocycles. The van der Waals surface area contributed by atoms with E-state index in [1.54, 1.807) is 7.11 Å². The Morgan fingerprint density at radius 3 is 3.00 bits per heavy atom. The Kier molecular flexibility index (Phi) is 2.41. The van der Waals surface area contributed by atoms with Crippen molar-refractivity contribution in [3.05, 3.63) is 24.0 Å². The van der Waals surface area contributed by atoms with Crippen molar-refractivity contribution in [3.63, 3.8) is 0 Å². The third-order valence-electron chi connectivity index (χ3n) is 2.40. The maximum absolute atomic E-state index is 10.6. The molecular formula is C11H12N2O2. The van der Waals surface area contributed by atoms with E-state index >= 15 is 0 Å². The number of methoxy groups -OCH3 is 1. The lowest BCUT2D eigenvalue weighted by Crippen LogP contribution is -2.02. The summed E-state index contributed by atoms with van der Waals surface area (Å²) in [4.78, 5) is 14.9. The normalized spacial score (nSPS) is 10.5. The molecule has 0 aliphatic heterocycles. The minimum Gasteiger partial charge on any atom is -0.494 e. The number of para-hydroxylation sites is 1. The highest BCUT2D eigenvalue weighted by atomic mass is 16.5. The van der Waals surface area contributed by atoms with Crippen LogP contribution in [-0.2, 0) is 11.3 Å². The van der Waals surface area contributed by atoms with Crippen molar-refractivity contribution >= 4 is 17.3 Å². The van der Waals surface area contributed by atoms with Crippen LogP contribution < -0.4 is 4.74 Å². The van der Waals surface area contributed by atoms with E-state index in [0.717, 1.165) is 28.9 Å². The SMILES string of the molecule is COc1cccc2nc(C)n(CC=O)c12. The molecule has 0 aliphatic rings. The number of fused-ring (bicyclic) bond motifs is 1. The molecule has 0 radical (unpaired) electrons. The van der Waals surface area contributed by atoms with Crippen molar-refractivity contribution in [2.75, 3.05) is 7.11 Å². The largest absolute Gasteiger partial charge is 0.494 e. The van der Waals surface area contributed by atoms with Crippen LogP contribution in [0.4, 0.5) is 0 Å². The summed E-state index contributed by atoms with van der Waals surface area (Å²) < 4.78 is 7.10. The Morgan fingerprint density at radius 1 is 1.53 bits per heavy atom. The first-order valence-corrected chi connectivity index (χ1v) is 4.71. The Morgan fingerprint density at radius 2 is 2.33 bits per heavy atom. The lowest BCUT2D eigenvalue weighted by atomic mass is 10.3. The van der Waals surface area contributed by atoms with Crippen molar-refractivity contribution in [2.45, 2.75) is 13.5 Å². The Balaban J connectivity index is 2.76. The van der Waals surface area contributed by atoms with E-state index in [-0.39, 0.29) is 0 Å². The Hall–Kier alpha value is -1.84. The zero-order valence-electron chi connectivity index (χ0n) is 8.73. The number of aldehydes is 1. The highest BCUT2D eigenvalue weighted by molar-refractivity contribution is 5.83. The molecule has 0 N–H and O–H groups in total. The van der Waals surface area contributed by atoms with Crippen molar-refractivity contribution < 1.29 is 9.53 Å². The summed E-state index contributed by atoms with van der Waals surface area (Å²) in [6.45, 7) is 2.19. The van der Waals surface area contributed by atoms with Crippen LogP contribution in [0.5, 0.6) is 5.75 Å². The van der Waals surface area contributed by atoms with Gasteiger partial charge in [0.15, 0.2) is 0 Å². The number of ether oxygens (including phenoxy) is 1. The van der Waals surface area contributed by atoms with E-state index in [1.807, 2.05) is 29.7 Å². The van der Waals surface area contributed by atoms with Crippen LogP contribution in [0.15, 0.2) is 18.2 Å². The van der Waals surface area contributed by atoms with Crippen molar-refractivity contribution in [3.8, 4) is 5.75 Å². The molecule has 0 amide bonds. The van der Waals surface area contributed by atoms with Crippen molar-refractivity contribution in [1.29, 1.82) is 0 Å². The molecule has 0 bridgehead atoms.